The molecule has 0 atom stereocenters. The number of carbonyl (C=O) groups is 1. The van der Waals surface area contributed by atoms with Crippen LogP contribution in [0.2, 0.25) is 0 Å². The predicted octanol–water partition coefficient (Wildman–Crippen LogP) is 3.13. The van der Waals surface area contributed by atoms with E-state index in [4.69, 9.17) is 9.15 Å². The summed E-state index contributed by atoms with van der Waals surface area (Å²) in [6.07, 6.45) is 0. The Balaban J connectivity index is 1.99. The highest BCUT2D eigenvalue weighted by Gasteiger charge is 2.16. The summed E-state index contributed by atoms with van der Waals surface area (Å²) in [5.41, 5.74) is 0.482. The van der Waals surface area contributed by atoms with Gasteiger partial charge in [0.25, 0.3) is 5.91 Å². The molecule has 0 saturated heterocycles. The van der Waals surface area contributed by atoms with Crippen LogP contribution in [0.25, 0.3) is 11.0 Å². The van der Waals surface area contributed by atoms with Gasteiger partial charge in [-0.2, -0.15) is 0 Å². The quantitative estimate of drug-likeness (QED) is 0.746. The highest BCUT2D eigenvalue weighted by molar-refractivity contribution is 7.15. The van der Waals surface area contributed by atoms with Gasteiger partial charge in [0.2, 0.25) is 0 Å². The van der Waals surface area contributed by atoms with Crippen LogP contribution in [-0.4, -0.2) is 18.0 Å². The van der Waals surface area contributed by atoms with E-state index in [9.17, 15) is 9.59 Å². The van der Waals surface area contributed by atoms with Gasteiger partial charge in [0.1, 0.15) is 16.9 Å². The van der Waals surface area contributed by atoms with E-state index in [0.29, 0.717) is 21.9 Å². The fourth-order valence-corrected chi connectivity index (χ4v) is 2.89. The zero-order valence-corrected chi connectivity index (χ0v) is 13.6. The van der Waals surface area contributed by atoms with Crippen molar-refractivity contribution in [1.29, 1.82) is 0 Å². The summed E-state index contributed by atoms with van der Waals surface area (Å²) in [5, 5.41) is 3.70. The molecule has 118 valence electrons. The lowest BCUT2D eigenvalue weighted by atomic mass is 10.1. The van der Waals surface area contributed by atoms with Crippen LogP contribution in [0.4, 0.5) is 5.13 Å². The maximum atomic E-state index is 12.3. The molecule has 0 radical (unpaired) electrons. The van der Waals surface area contributed by atoms with Gasteiger partial charge in [-0.05, 0) is 38.1 Å². The molecule has 0 fully saturated rings. The van der Waals surface area contributed by atoms with Crippen LogP contribution in [0.15, 0.2) is 33.5 Å². The van der Waals surface area contributed by atoms with Crippen LogP contribution in [0, 0.1) is 13.8 Å². The Hall–Kier alpha value is -2.67. The molecular formula is C16H14N2O4S. The third kappa shape index (κ3) is 2.95. The van der Waals surface area contributed by atoms with Gasteiger partial charge in [0.05, 0.1) is 12.8 Å². The molecule has 0 spiro atoms. The number of ether oxygens (including phenoxy) is 1. The Bertz CT molecular complexity index is 939. The van der Waals surface area contributed by atoms with Gasteiger partial charge in [0, 0.05) is 10.3 Å². The summed E-state index contributed by atoms with van der Waals surface area (Å²) < 4.78 is 10.3. The Labute approximate surface area is 135 Å². The van der Waals surface area contributed by atoms with Gasteiger partial charge >= 0.3 is 5.63 Å². The molecule has 2 aromatic heterocycles. The number of fused-ring (bicyclic) bond motifs is 1. The van der Waals surface area contributed by atoms with E-state index >= 15 is 0 Å². The van der Waals surface area contributed by atoms with Crippen molar-refractivity contribution in [2.75, 3.05) is 12.4 Å². The van der Waals surface area contributed by atoms with E-state index in [1.165, 1.54) is 17.4 Å². The summed E-state index contributed by atoms with van der Waals surface area (Å²) in [7, 11) is 1.54. The minimum absolute atomic E-state index is 0.0729. The number of amides is 1. The van der Waals surface area contributed by atoms with E-state index in [1.54, 1.807) is 25.3 Å². The lowest BCUT2D eigenvalue weighted by Crippen LogP contribution is -2.20. The normalized spacial score (nSPS) is 10.7. The summed E-state index contributed by atoms with van der Waals surface area (Å²) >= 11 is 1.36. The van der Waals surface area contributed by atoms with Crippen molar-refractivity contribution in [1.82, 2.24) is 4.98 Å². The van der Waals surface area contributed by atoms with Crippen LogP contribution in [0.1, 0.15) is 20.9 Å². The van der Waals surface area contributed by atoms with E-state index < -0.39 is 11.5 Å². The predicted molar refractivity (Wildman–Crippen MR) is 88.6 cm³/mol. The lowest BCUT2D eigenvalue weighted by molar-refractivity contribution is 0.102. The molecule has 6 nitrogen and oxygen atoms in total. The molecule has 1 N–H and O–H groups in total. The number of hydrogen-bond acceptors (Lipinski definition) is 6. The Morgan fingerprint density at radius 3 is 2.74 bits per heavy atom. The monoisotopic (exact) mass is 330 g/mol. The van der Waals surface area contributed by atoms with Crippen molar-refractivity contribution in [3.05, 3.63) is 50.8 Å². The van der Waals surface area contributed by atoms with Gasteiger partial charge < -0.3 is 9.15 Å². The van der Waals surface area contributed by atoms with Gasteiger partial charge in [-0.15, -0.1) is 11.3 Å². The molecule has 0 aliphatic rings. The summed E-state index contributed by atoms with van der Waals surface area (Å²) in [6.45, 7) is 3.78. The van der Waals surface area contributed by atoms with E-state index in [2.05, 4.69) is 10.3 Å². The average molecular weight is 330 g/mol. The second kappa shape index (κ2) is 5.85. The molecule has 3 aromatic rings. The zero-order valence-electron chi connectivity index (χ0n) is 12.8. The molecule has 0 unspecified atom stereocenters. The van der Waals surface area contributed by atoms with Crippen molar-refractivity contribution in [2.24, 2.45) is 0 Å². The number of thiazole rings is 1. The first kappa shape index (κ1) is 15.2. The SMILES string of the molecule is COc1ccc2oc(=O)c(C(=O)Nc3nc(C)c(C)s3)cc2c1. The summed E-state index contributed by atoms with van der Waals surface area (Å²) in [4.78, 5) is 29.6. The van der Waals surface area contributed by atoms with Crippen LogP contribution < -0.4 is 15.7 Å². The van der Waals surface area contributed by atoms with Crippen LogP contribution >= 0.6 is 11.3 Å². The maximum Gasteiger partial charge on any atom is 0.349 e. The molecule has 1 amide bonds. The van der Waals surface area contributed by atoms with E-state index in [0.717, 1.165) is 10.6 Å². The maximum absolute atomic E-state index is 12.3. The molecule has 0 saturated carbocycles. The van der Waals surface area contributed by atoms with E-state index in [1.807, 2.05) is 13.8 Å². The van der Waals surface area contributed by atoms with Crippen molar-refractivity contribution < 1.29 is 13.9 Å². The second-order valence-electron chi connectivity index (χ2n) is 4.97. The smallest absolute Gasteiger partial charge is 0.349 e. The first-order chi connectivity index (χ1) is 11.0. The van der Waals surface area contributed by atoms with Gasteiger partial charge in [-0.25, -0.2) is 9.78 Å². The zero-order chi connectivity index (χ0) is 16.6. The van der Waals surface area contributed by atoms with Crippen LogP contribution in [0.3, 0.4) is 0 Å². The Kier molecular flexibility index (Phi) is 3.87. The van der Waals surface area contributed by atoms with Crippen molar-refractivity contribution in [3.8, 4) is 5.75 Å². The minimum Gasteiger partial charge on any atom is -0.497 e. The first-order valence-electron chi connectivity index (χ1n) is 6.85. The number of methoxy groups -OCH3 is 1. The number of benzene rings is 1. The lowest BCUT2D eigenvalue weighted by Gasteiger charge is -2.04. The fourth-order valence-electron chi connectivity index (χ4n) is 2.08. The largest absolute Gasteiger partial charge is 0.497 e. The number of aromatic nitrogens is 1. The second-order valence-corrected chi connectivity index (χ2v) is 6.17. The third-order valence-corrected chi connectivity index (χ3v) is 4.42. The third-order valence-electron chi connectivity index (χ3n) is 3.43. The standard InChI is InChI=1S/C16H14N2O4S/c1-8-9(2)23-16(17-8)18-14(19)12-7-10-6-11(21-3)4-5-13(10)22-15(12)20/h4-7H,1-3H3,(H,17,18,19). The number of nitrogens with one attached hydrogen (secondary N) is 1. The molecule has 0 bridgehead atoms. The van der Waals surface area contributed by atoms with Crippen molar-refractivity contribution in [2.45, 2.75) is 13.8 Å². The fraction of sp³-hybridized carbons (Fsp3) is 0.188. The molecule has 0 aliphatic heterocycles. The molecule has 0 aliphatic carbocycles. The molecule has 3 rings (SSSR count). The Morgan fingerprint density at radius 1 is 1.30 bits per heavy atom. The van der Waals surface area contributed by atoms with E-state index in [-0.39, 0.29) is 5.56 Å². The highest BCUT2D eigenvalue weighted by atomic mass is 32.1. The van der Waals surface area contributed by atoms with Crippen LogP contribution in [0.5, 0.6) is 5.75 Å². The average Bonchev–Trinajstić information content (AvgIpc) is 2.83. The first-order valence-corrected chi connectivity index (χ1v) is 7.67. The molecule has 7 heteroatoms. The summed E-state index contributed by atoms with van der Waals surface area (Å²) in [5.74, 6) is 0.0705. The number of anilines is 1. The molecular weight excluding hydrogens is 316 g/mol. The van der Waals surface area contributed by atoms with Crippen molar-refractivity contribution >= 4 is 33.3 Å². The Morgan fingerprint density at radius 2 is 2.09 bits per heavy atom. The topological polar surface area (TPSA) is 81.4 Å². The molecule has 1 aromatic carbocycles. The summed E-state index contributed by atoms with van der Waals surface area (Å²) in [6, 6.07) is 6.51. The number of carbonyl (C=O) groups excluding carboxylic acids is 1. The minimum atomic E-state index is -0.690. The number of aryl methyl sites for hydroxylation is 2. The van der Waals surface area contributed by atoms with Crippen LogP contribution in [-0.2, 0) is 0 Å². The number of nitrogens with zero attached hydrogens (tertiary/aromatic N) is 1. The van der Waals surface area contributed by atoms with Gasteiger partial charge in [-0.3, -0.25) is 10.1 Å². The number of rotatable bonds is 3. The molecule has 2 heterocycles. The molecule has 23 heavy (non-hydrogen) atoms. The van der Waals surface area contributed by atoms with Gasteiger partial charge in [-0.1, -0.05) is 0 Å². The van der Waals surface area contributed by atoms with Gasteiger partial charge in [0.15, 0.2) is 5.13 Å². The highest BCUT2D eigenvalue weighted by Crippen LogP contribution is 2.23. The van der Waals surface area contributed by atoms with Crippen molar-refractivity contribution in [3.63, 3.8) is 0 Å². The number of hydrogen-bond donors (Lipinski definition) is 1.